The Morgan fingerprint density at radius 3 is 2.68 bits per heavy atom. The fourth-order valence-electron chi connectivity index (χ4n) is 2.31. The maximum absolute atomic E-state index is 12.4. The molecule has 3 aromatic rings. The zero-order valence-corrected chi connectivity index (χ0v) is 13.6. The summed E-state index contributed by atoms with van der Waals surface area (Å²) in [4.78, 5) is 16.5. The summed E-state index contributed by atoms with van der Waals surface area (Å²) in [6.07, 6.45) is 4.46. The van der Waals surface area contributed by atoms with Crippen LogP contribution in [0.1, 0.15) is 12.5 Å². The molecule has 0 aliphatic rings. The van der Waals surface area contributed by atoms with Crippen LogP contribution in [0.4, 0.5) is 5.69 Å². The summed E-state index contributed by atoms with van der Waals surface area (Å²) in [7, 11) is 0. The van der Waals surface area contributed by atoms with Gasteiger partial charge in [-0.05, 0) is 43.3 Å². The molecule has 2 aromatic carbocycles. The Morgan fingerprint density at radius 2 is 2.00 bits per heavy atom. The first kappa shape index (κ1) is 16.3. The maximum Gasteiger partial charge on any atom is 0.265 e. The summed E-state index contributed by atoms with van der Waals surface area (Å²) in [6.45, 7) is 1.67. The topological polar surface area (TPSA) is 79.9 Å². The molecule has 6 heteroatoms. The number of carbonyl (C=O) groups excluding carboxylic acids is 1. The molecule has 0 spiro atoms. The minimum Gasteiger partial charge on any atom is -0.481 e. The van der Waals surface area contributed by atoms with Crippen molar-refractivity contribution in [2.75, 3.05) is 5.32 Å². The molecule has 25 heavy (non-hydrogen) atoms. The monoisotopic (exact) mass is 332 g/mol. The number of aromatic nitrogens is 2. The third-order valence-corrected chi connectivity index (χ3v) is 3.61. The number of rotatable bonds is 5. The maximum atomic E-state index is 12.4. The highest BCUT2D eigenvalue weighted by Gasteiger charge is 2.16. The number of nitrogens with zero attached hydrogens (tertiary/aromatic N) is 3. The van der Waals surface area contributed by atoms with E-state index in [0.29, 0.717) is 17.0 Å². The molecular formula is C19H16N4O2. The highest BCUT2D eigenvalue weighted by molar-refractivity contribution is 5.95. The molecule has 1 N–H and O–H groups in total. The zero-order chi connectivity index (χ0) is 17.6. The van der Waals surface area contributed by atoms with Crippen molar-refractivity contribution < 1.29 is 9.53 Å². The minimum absolute atomic E-state index is 0.267. The summed E-state index contributed by atoms with van der Waals surface area (Å²) in [5.41, 5.74) is 2.03. The molecule has 0 bridgehead atoms. The Balaban J connectivity index is 1.71. The molecule has 0 saturated heterocycles. The van der Waals surface area contributed by atoms with E-state index in [0.717, 1.165) is 5.69 Å². The van der Waals surface area contributed by atoms with Crippen LogP contribution < -0.4 is 10.1 Å². The summed E-state index contributed by atoms with van der Waals surface area (Å²) < 4.78 is 7.46. The van der Waals surface area contributed by atoms with Gasteiger partial charge in [-0.1, -0.05) is 12.1 Å². The van der Waals surface area contributed by atoms with Gasteiger partial charge in [-0.2, -0.15) is 5.26 Å². The van der Waals surface area contributed by atoms with Gasteiger partial charge in [-0.25, -0.2) is 4.98 Å². The van der Waals surface area contributed by atoms with Gasteiger partial charge in [0.2, 0.25) is 0 Å². The predicted octanol–water partition coefficient (Wildman–Crippen LogP) is 3.15. The number of benzene rings is 2. The molecule has 0 aliphatic heterocycles. The van der Waals surface area contributed by atoms with E-state index in [9.17, 15) is 4.79 Å². The second-order valence-electron chi connectivity index (χ2n) is 5.37. The quantitative estimate of drug-likeness (QED) is 0.778. The Bertz CT molecular complexity index is 896. The summed E-state index contributed by atoms with van der Waals surface area (Å²) in [5.74, 6) is 0.265. The van der Waals surface area contributed by atoms with Crippen molar-refractivity contribution in [3.8, 4) is 17.5 Å². The molecule has 0 fully saturated rings. The highest BCUT2D eigenvalue weighted by Crippen LogP contribution is 2.20. The molecule has 1 heterocycles. The Hall–Kier alpha value is -3.59. The molecule has 1 amide bonds. The Labute approximate surface area is 145 Å². The number of ether oxygens (including phenoxy) is 1. The number of hydrogen-bond donors (Lipinski definition) is 1. The first-order valence-corrected chi connectivity index (χ1v) is 7.72. The van der Waals surface area contributed by atoms with Crippen molar-refractivity contribution in [1.29, 1.82) is 5.26 Å². The lowest BCUT2D eigenvalue weighted by Crippen LogP contribution is -2.30. The van der Waals surface area contributed by atoms with E-state index in [-0.39, 0.29) is 5.91 Å². The van der Waals surface area contributed by atoms with Gasteiger partial charge in [0.15, 0.2) is 6.10 Å². The lowest BCUT2D eigenvalue weighted by molar-refractivity contribution is -0.122. The first-order chi connectivity index (χ1) is 12.2. The summed E-state index contributed by atoms with van der Waals surface area (Å²) in [6, 6.07) is 16.1. The van der Waals surface area contributed by atoms with Crippen molar-refractivity contribution in [1.82, 2.24) is 9.55 Å². The number of hydrogen-bond acceptors (Lipinski definition) is 4. The van der Waals surface area contributed by atoms with Crippen LogP contribution in [0.15, 0.2) is 67.3 Å². The van der Waals surface area contributed by atoms with Gasteiger partial charge in [0.05, 0.1) is 29.3 Å². The van der Waals surface area contributed by atoms with Gasteiger partial charge >= 0.3 is 0 Å². The van der Waals surface area contributed by atoms with E-state index in [1.807, 2.05) is 41.1 Å². The summed E-state index contributed by atoms with van der Waals surface area (Å²) >= 11 is 0. The van der Waals surface area contributed by atoms with Crippen LogP contribution in [0.3, 0.4) is 0 Å². The first-order valence-electron chi connectivity index (χ1n) is 7.72. The van der Waals surface area contributed by atoms with Crippen LogP contribution in [-0.2, 0) is 4.79 Å². The fraction of sp³-hybridized carbons (Fsp3) is 0.105. The third-order valence-electron chi connectivity index (χ3n) is 3.61. The standard InChI is InChI=1S/C19H16N4O2/c1-14(25-16-8-6-15(12-20)7-9-16)19(24)22-17-4-2-3-5-18(17)23-11-10-21-13-23/h2-11,13-14H,1H3,(H,22,24)/t14-/m1/s1. The van der Waals surface area contributed by atoms with Gasteiger partial charge in [-0.3, -0.25) is 4.79 Å². The summed E-state index contributed by atoms with van der Waals surface area (Å²) in [5, 5.41) is 11.7. The molecular weight excluding hydrogens is 316 g/mol. The van der Waals surface area contributed by atoms with Crippen molar-refractivity contribution >= 4 is 11.6 Å². The average molecular weight is 332 g/mol. The van der Waals surface area contributed by atoms with Crippen molar-refractivity contribution in [2.45, 2.75) is 13.0 Å². The lowest BCUT2D eigenvalue weighted by atomic mass is 10.2. The second-order valence-corrected chi connectivity index (χ2v) is 5.37. The zero-order valence-electron chi connectivity index (χ0n) is 13.6. The smallest absolute Gasteiger partial charge is 0.265 e. The van der Waals surface area contributed by atoms with Crippen molar-refractivity contribution in [2.24, 2.45) is 0 Å². The number of nitriles is 1. The van der Waals surface area contributed by atoms with Gasteiger partial charge < -0.3 is 14.6 Å². The van der Waals surface area contributed by atoms with E-state index in [2.05, 4.69) is 10.3 Å². The van der Waals surface area contributed by atoms with Crippen LogP contribution in [0.2, 0.25) is 0 Å². The van der Waals surface area contributed by atoms with Crippen LogP contribution in [-0.4, -0.2) is 21.6 Å². The molecule has 1 aromatic heterocycles. The average Bonchev–Trinajstić information content (AvgIpc) is 3.17. The molecule has 0 saturated carbocycles. The number of amides is 1. The van der Waals surface area contributed by atoms with E-state index < -0.39 is 6.10 Å². The molecule has 3 rings (SSSR count). The largest absolute Gasteiger partial charge is 0.481 e. The number of nitrogens with one attached hydrogen (secondary N) is 1. The van der Waals surface area contributed by atoms with E-state index in [4.69, 9.17) is 10.00 Å². The molecule has 1 atom stereocenters. The van der Waals surface area contributed by atoms with Crippen molar-refractivity contribution in [3.63, 3.8) is 0 Å². The molecule has 0 radical (unpaired) electrons. The normalized spacial score (nSPS) is 11.4. The Kier molecular flexibility index (Phi) is 4.77. The molecule has 0 aliphatic carbocycles. The Morgan fingerprint density at radius 1 is 1.24 bits per heavy atom. The number of anilines is 1. The van der Waals surface area contributed by atoms with Crippen LogP contribution in [0.25, 0.3) is 5.69 Å². The third kappa shape index (κ3) is 3.85. The minimum atomic E-state index is -0.691. The molecule has 0 unspecified atom stereocenters. The van der Waals surface area contributed by atoms with Crippen LogP contribution in [0, 0.1) is 11.3 Å². The van der Waals surface area contributed by atoms with Crippen LogP contribution in [0.5, 0.6) is 5.75 Å². The SMILES string of the molecule is C[C@@H](Oc1ccc(C#N)cc1)C(=O)Nc1ccccc1-n1ccnc1. The second kappa shape index (κ2) is 7.32. The van der Waals surface area contributed by atoms with Crippen LogP contribution >= 0.6 is 0 Å². The number of imidazole rings is 1. The van der Waals surface area contributed by atoms with E-state index in [1.165, 1.54) is 0 Å². The number of para-hydroxylation sites is 2. The van der Waals surface area contributed by atoms with E-state index in [1.54, 1.807) is 43.7 Å². The van der Waals surface area contributed by atoms with Gasteiger partial charge in [0.25, 0.3) is 5.91 Å². The van der Waals surface area contributed by atoms with Gasteiger partial charge in [0.1, 0.15) is 5.75 Å². The lowest BCUT2D eigenvalue weighted by Gasteiger charge is -2.16. The highest BCUT2D eigenvalue weighted by atomic mass is 16.5. The van der Waals surface area contributed by atoms with Crippen molar-refractivity contribution in [3.05, 3.63) is 72.8 Å². The van der Waals surface area contributed by atoms with Gasteiger partial charge in [-0.15, -0.1) is 0 Å². The van der Waals surface area contributed by atoms with E-state index >= 15 is 0 Å². The molecule has 124 valence electrons. The predicted molar refractivity (Wildman–Crippen MR) is 93.4 cm³/mol. The molecule has 6 nitrogen and oxygen atoms in total. The number of carbonyl (C=O) groups is 1. The van der Waals surface area contributed by atoms with Gasteiger partial charge in [0, 0.05) is 12.4 Å². The fourth-order valence-corrected chi connectivity index (χ4v) is 2.31.